The van der Waals surface area contributed by atoms with Crippen molar-refractivity contribution in [3.05, 3.63) is 47.2 Å². The lowest BCUT2D eigenvalue weighted by Crippen LogP contribution is -2.22. The quantitative estimate of drug-likeness (QED) is 0.747. The molecule has 0 saturated carbocycles. The van der Waals surface area contributed by atoms with Gasteiger partial charge in [0.15, 0.2) is 0 Å². The normalized spacial score (nSPS) is 14.8. The maximum absolute atomic E-state index is 3.51. The molecule has 1 aliphatic rings. The molecule has 0 amide bonds. The van der Waals surface area contributed by atoms with E-state index in [1.807, 2.05) is 0 Å². The van der Waals surface area contributed by atoms with Gasteiger partial charge in [-0.1, -0.05) is 29.8 Å². The Morgan fingerprint density at radius 3 is 2.69 bits per heavy atom. The zero-order valence-electron chi connectivity index (χ0n) is 9.51. The summed E-state index contributed by atoms with van der Waals surface area (Å²) >= 11 is 0. The van der Waals surface area contributed by atoms with Gasteiger partial charge in [-0.05, 0) is 37.1 Å². The lowest BCUT2D eigenvalue weighted by atomic mass is 10.1. The molecule has 0 atom stereocenters. The second-order valence-corrected chi connectivity index (χ2v) is 4.48. The first-order valence-corrected chi connectivity index (χ1v) is 5.81. The van der Waals surface area contributed by atoms with Crippen LogP contribution in [0.4, 0.5) is 0 Å². The molecule has 3 rings (SSSR count). The Bertz CT molecular complexity index is 470. The van der Waals surface area contributed by atoms with Crippen molar-refractivity contribution in [2.75, 3.05) is 6.54 Å². The van der Waals surface area contributed by atoms with E-state index in [9.17, 15) is 0 Å². The van der Waals surface area contributed by atoms with Crippen LogP contribution >= 0.6 is 0 Å². The monoisotopic (exact) mass is 212 g/mol. The number of aromatic nitrogens is 1. The second-order valence-electron chi connectivity index (χ2n) is 4.48. The van der Waals surface area contributed by atoms with Crippen LogP contribution in [0.3, 0.4) is 0 Å². The van der Waals surface area contributed by atoms with Crippen LogP contribution in [-0.2, 0) is 13.0 Å². The Morgan fingerprint density at radius 1 is 1.12 bits per heavy atom. The molecule has 0 radical (unpaired) electrons. The first kappa shape index (κ1) is 9.67. The molecular weight excluding hydrogens is 196 g/mol. The first-order chi connectivity index (χ1) is 7.83. The lowest BCUT2D eigenvalue weighted by Gasteiger charge is -2.11. The summed E-state index contributed by atoms with van der Waals surface area (Å²) in [5.74, 6) is 0. The van der Waals surface area contributed by atoms with Crippen LogP contribution in [0.5, 0.6) is 0 Å². The molecule has 2 N–H and O–H groups in total. The van der Waals surface area contributed by atoms with Gasteiger partial charge in [-0.25, -0.2) is 0 Å². The Labute approximate surface area is 95.7 Å². The van der Waals surface area contributed by atoms with Crippen molar-refractivity contribution in [1.29, 1.82) is 0 Å². The van der Waals surface area contributed by atoms with Gasteiger partial charge in [0, 0.05) is 17.9 Å². The fraction of sp³-hybridized carbons (Fsp3) is 0.286. The van der Waals surface area contributed by atoms with Gasteiger partial charge in [0.25, 0.3) is 0 Å². The molecule has 2 nitrogen and oxygen atoms in total. The minimum Gasteiger partial charge on any atom is -0.357 e. The molecule has 2 aromatic rings. The highest BCUT2D eigenvalue weighted by atomic mass is 14.9. The summed E-state index contributed by atoms with van der Waals surface area (Å²) in [5.41, 5.74) is 6.64. The molecule has 1 aromatic heterocycles. The number of hydrogen-bond acceptors (Lipinski definition) is 1. The van der Waals surface area contributed by atoms with Crippen LogP contribution in [0.25, 0.3) is 11.3 Å². The Kier molecular flexibility index (Phi) is 2.29. The first-order valence-electron chi connectivity index (χ1n) is 5.81. The fourth-order valence-electron chi connectivity index (χ4n) is 2.25. The Balaban J connectivity index is 2.00. The highest BCUT2D eigenvalue weighted by Gasteiger charge is 2.12. The van der Waals surface area contributed by atoms with Gasteiger partial charge in [-0.3, -0.25) is 0 Å². The Morgan fingerprint density at radius 2 is 1.94 bits per heavy atom. The van der Waals surface area contributed by atoms with E-state index < -0.39 is 0 Å². The number of aryl methyl sites for hydroxylation is 1. The van der Waals surface area contributed by atoms with E-state index in [4.69, 9.17) is 0 Å². The van der Waals surface area contributed by atoms with Crippen molar-refractivity contribution < 1.29 is 0 Å². The summed E-state index contributed by atoms with van der Waals surface area (Å²) in [6.07, 6.45) is 1.14. The van der Waals surface area contributed by atoms with Crippen LogP contribution in [0.15, 0.2) is 30.3 Å². The van der Waals surface area contributed by atoms with Gasteiger partial charge in [-0.15, -0.1) is 0 Å². The predicted octanol–water partition coefficient (Wildman–Crippen LogP) is 2.64. The number of fused-ring (bicyclic) bond motifs is 1. The molecule has 16 heavy (non-hydrogen) atoms. The summed E-state index contributed by atoms with van der Waals surface area (Å²) in [6, 6.07) is 11.0. The van der Waals surface area contributed by atoms with Crippen LogP contribution in [0, 0.1) is 6.92 Å². The molecule has 0 bridgehead atoms. The van der Waals surface area contributed by atoms with E-state index in [1.54, 1.807) is 0 Å². The summed E-state index contributed by atoms with van der Waals surface area (Å²) in [6.45, 7) is 4.19. The van der Waals surface area contributed by atoms with E-state index in [1.165, 1.54) is 28.1 Å². The molecule has 0 spiro atoms. The van der Waals surface area contributed by atoms with Gasteiger partial charge in [-0.2, -0.15) is 0 Å². The summed E-state index contributed by atoms with van der Waals surface area (Å²) in [5, 5.41) is 3.38. The number of benzene rings is 1. The van der Waals surface area contributed by atoms with Crippen molar-refractivity contribution in [3.63, 3.8) is 0 Å². The molecular formula is C14H16N2. The summed E-state index contributed by atoms with van der Waals surface area (Å²) < 4.78 is 0. The van der Waals surface area contributed by atoms with Crippen LogP contribution in [-0.4, -0.2) is 11.5 Å². The van der Waals surface area contributed by atoms with E-state index in [0.29, 0.717) is 0 Å². The molecule has 0 aliphatic carbocycles. The minimum atomic E-state index is 0.973. The SMILES string of the molecule is Cc1ccc(-c2cc3c([nH]2)CNCC3)cc1. The maximum atomic E-state index is 3.51. The zero-order valence-corrected chi connectivity index (χ0v) is 9.51. The predicted molar refractivity (Wildman–Crippen MR) is 66.4 cm³/mol. The van der Waals surface area contributed by atoms with Gasteiger partial charge in [0.2, 0.25) is 0 Å². The number of H-pyrrole nitrogens is 1. The van der Waals surface area contributed by atoms with Crippen molar-refractivity contribution >= 4 is 0 Å². The van der Waals surface area contributed by atoms with Crippen molar-refractivity contribution in [2.24, 2.45) is 0 Å². The van der Waals surface area contributed by atoms with Gasteiger partial charge in [0.1, 0.15) is 0 Å². The van der Waals surface area contributed by atoms with Crippen LogP contribution < -0.4 is 5.32 Å². The summed E-state index contributed by atoms with van der Waals surface area (Å²) in [4.78, 5) is 3.51. The van der Waals surface area contributed by atoms with Crippen molar-refractivity contribution in [2.45, 2.75) is 19.9 Å². The topological polar surface area (TPSA) is 27.8 Å². The molecule has 2 heteroatoms. The molecule has 1 aromatic carbocycles. The van der Waals surface area contributed by atoms with Crippen molar-refractivity contribution in [1.82, 2.24) is 10.3 Å². The maximum Gasteiger partial charge on any atom is 0.0459 e. The Hall–Kier alpha value is -1.54. The van der Waals surface area contributed by atoms with Crippen LogP contribution in [0.2, 0.25) is 0 Å². The minimum absolute atomic E-state index is 0.973. The lowest BCUT2D eigenvalue weighted by molar-refractivity contribution is 0.635. The third kappa shape index (κ3) is 1.65. The standard InChI is InChI=1S/C14H16N2/c1-10-2-4-11(5-3-10)13-8-12-6-7-15-9-14(12)16-13/h2-5,8,15-16H,6-7,9H2,1H3. The van der Waals surface area contributed by atoms with Gasteiger partial charge >= 0.3 is 0 Å². The molecule has 0 saturated heterocycles. The molecule has 2 heterocycles. The van der Waals surface area contributed by atoms with E-state index in [-0.39, 0.29) is 0 Å². The van der Waals surface area contributed by atoms with Gasteiger partial charge in [0.05, 0.1) is 0 Å². The molecule has 0 fully saturated rings. The molecule has 0 unspecified atom stereocenters. The van der Waals surface area contributed by atoms with E-state index >= 15 is 0 Å². The second kappa shape index (κ2) is 3.80. The van der Waals surface area contributed by atoms with Gasteiger partial charge < -0.3 is 10.3 Å². The number of nitrogens with one attached hydrogen (secondary N) is 2. The largest absolute Gasteiger partial charge is 0.357 e. The third-order valence-corrected chi connectivity index (χ3v) is 3.23. The van der Waals surface area contributed by atoms with E-state index in [2.05, 4.69) is 47.6 Å². The molecule has 1 aliphatic heterocycles. The third-order valence-electron chi connectivity index (χ3n) is 3.23. The fourth-order valence-corrected chi connectivity index (χ4v) is 2.25. The smallest absolute Gasteiger partial charge is 0.0459 e. The van der Waals surface area contributed by atoms with Crippen molar-refractivity contribution in [3.8, 4) is 11.3 Å². The highest BCUT2D eigenvalue weighted by molar-refractivity contribution is 5.62. The molecule has 82 valence electrons. The van der Waals surface area contributed by atoms with E-state index in [0.717, 1.165) is 19.5 Å². The average Bonchev–Trinajstić information content (AvgIpc) is 2.73. The zero-order chi connectivity index (χ0) is 11.0. The van der Waals surface area contributed by atoms with Crippen LogP contribution in [0.1, 0.15) is 16.8 Å². The number of rotatable bonds is 1. The number of aromatic amines is 1. The average molecular weight is 212 g/mol. The highest BCUT2D eigenvalue weighted by Crippen LogP contribution is 2.24. The number of hydrogen-bond donors (Lipinski definition) is 2. The summed E-state index contributed by atoms with van der Waals surface area (Å²) in [7, 11) is 0.